The number of aliphatic imine (C=N–C) groups is 1. The van der Waals surface area contributed by atoms with Gasteiger partial charge in [0.2, 0.25) is 0 Å². The highest BCUT2D eigenvalue weighted by Gasteiger charge is 2.20. The molecule has 140 valence electrons. The van der Waals surface area contributed by atoms with Crippen molar-refractivity contribution in [2.24, 2.45) is 4.99 Å². The number of rotatable bonds is 7. The molecule has 0 unspecified atom stereocenters. The molecule has 1 N–H and O–H groups in total. The topological polar surface area (TPSA) is 24.4 Å². The minimum absolute atomic E-state index is 0.578. The van der Waals surface area contributed by atoms with Crippen molar-refractivity contribution in [2.45, 2.75) is 78.9 Å². The molecular weight excluding hydrogens is 315 g/mol. The van der Waals surface area contributed by atoms with Gasteiger partial charge >= 0.3 is 0 Å². The fourth-order valence-electron chi connectivity index (χ4n) is 3.42. The lowest BCUT2D eigenvalue weighted by atomic mass is 9.43. The fraction of sp³-hybridized carbons (Fsp3) is 0.522. The highest BCUT2D eigenvalue weighted by atomic mass is 14.9. The van der Waals surface area contributed by atoms with E-state index in [4.69, 9.17) is 0 Å². The first-order chi connectivity index (χ1) is 12.4. The van der Waals surface area contributed by atoms with Gasteiger partial charge in [0.1, 0.15) is 6.71 Å². The highest BCUT2D eigenvalue weighted by molar-refractivity contribution is 6.57. The molecule has 26 heavy (non-hydrogen) atoms. The van der Waals surface area contributed by atoms with Crippen LogP contribution in [0, 0.1) is 6.92 Å². The zero-order chi connectivity index (χ0) is 19.1. The van der Waals surface area contributed by atoms with E-state index in [1.165, 1.54) is 47.7 Å². The van der Waals surface area contributed by atoms with E-state index >= 15 is 0 Å². The van der Waals surface area contributed by atoms with Gasteiger partial charge in [0.15, 0.2) is 0 Å². The summed E-state index contributed by atoms with van der Waals surface area (Å²) in [5.41, 5.74) is 7.39. The molecule has 0 aliphatic carbocycles. The van der Waals surface area contributed by atoms with E-state index in [1.807, 2.05) is 6.20 Å². The average molecular weight is 350 g/mol. The number of nitrogens with zero attached hydrogens (tertiary/aromatic N) is 1. The van der Waals surface area contributed by atoms with Crippen molar-refractivity contribution in [3.8, 4) is 0 Å². The van der Waals surface area contributed by atoms with E-state index in [9.17, 15) is 0 Å². The number of hydrogen-bond donors (Lipinski definition) is 1. The van der Waals surface area contributed by atoms with E-state index in [2.05, 4.69) is 69.6 Å². The number of hydrogen-bond acceptors (Lipinski definition) is 2. The maximum atomic E-state index is 4.62. The minimum atomic E-state index is 0.578. The summed E-state index contributed by atoms with van der Waals surface area (Å²) in [6, 6.07) is 7.26. The second kappa shape index (κ2) is 9.80. The van der Waals surface area contributed by atoms with Gasteiger partial charge in [-0.1, -0.05) is 50.7 Å². The molecule has 1 aliphatic rings. The van der Waals surface area contributed by atoms with Crippen LogP contribution in [-0.2, 0) is 6.42 Å². The minimum Gasteiger partial charge on any atom is -0.382 e. The van der Waals surface area contributed by atoms with Crippen molar-refractivity contribution in [2.75, 3.05) is 0 Å². The van der Waals surface area contributed by atoms with Gasteiger partial charge in [-0.05, 0) is 62.8 Å². The highest BCUT2D eigenvalue weighted by Crippen LogP contribution is 2.23. The maximum Gasteiger partial charge on any atom is 0.136 e. The Hall–Kier alpha value is -1.77. The summed E-state index contributed by atoms with van der Waals surface area (Å²) in [6.45, 7) is 16.1. The van der Waals surface area contributed by atoms with Crippen LogP contribution < -0.4 is 5.32 Å². The summed E-state index contributed by atoms with van der Waals surface area (Å²) in [6.07, 6.45) is 9.10. The normalized spacial score (nSPS) is 16.7. The van der Waals surface area contributed by atoms with Gasteiger partial charge in [-0.15, -0.1) is 0 Å². The Morgan fingerprint density at radius 3 is 2.65 bits per heavy atom. The lowest BCUT2D eigenvalue weighted by Crippen LogP contribution is -2.33. The summed E-state index contributed by atoms with van der Waals surface area (Å²) in [4.78, 5) is 4.62. The van der Waals surface area contributed by atoms with Crippen LogP contribution in [0.15, 0.2) is 41.5 Å². The van der Waals surface area contributed by atoms with Crippen molar-refractivity contribution < 1.29 is 0 Å². The molecule has 1 aliphatic heterocycles. The molecule has 0 amide bonds. The Balaban J connectivity index is 2.05. The van der Waals surface area contributed by atoms with Crippen LogP contribution in [0.3, 0.4) is 0 Å². The first kappa shape index (κ1) is 20.5. The fourth-order valence-corrected chi connectivity index (χ4v) is 3.42. The summed E-state index contributed by atoms with van der Waals surface area (Å²) in [5.74, 6) is 0. The number of nitrogens with one attached hydrogen (secondary N) is 1. The molecule has 1 aromatic rings. The van der Waals surface area contributed by atoms with E-state index in [0.29, 0.717) is 6.04 Å². The second-order valence-corrected chi connectivity index (χ2v) is 8.09. The van der Waals surface area contributed by atoms with Gasteiger partial charge in [-0.2, -0.15) is 0 Å². The number of allylic oxidation sites excluding steroid dienone is 1. The summed E-state index contributed by atoms with van der Waals surface area (Å²) >= 11 is 0. The molecule has 1 aromatic carbocycles. The summed E-state index contributed by atoms with van der Waals surface area (Å²) in [5, 5.41) is 3.67. The number of benzene rings is 1. The molecule has 2 nitrogen and oxygen atoms in total. The van der Waals surface area contributed by atoms with Crippen LogP contribution in [0.4, 0.5) is 0 Å². The standard InChI is InChI=1S/C23H35BN2/c1-7-17(2)16-25-19(4)14-22-15-21(9-8-18(22)3)20(5)26-23-10-12-24(6)13-11-23/h8-9,15-16,23,26H,5,7,10-14H2,1-4,6H3/b17-16-,25-19+. The van der Waals surface area contributed by atoms with E-state index in [-0.39, 0.29) is 0 Å². The average Bonchev–Trinajstić information content (AvgIpc) is 2.63. The Morgan fingerprint density at radius 1 is 1.31 bits per heavy atom. The van der Waals surface area contributed by atoms with E-state index in [0.717, 1.165) is 31.0 Å². The molecule has 1 saturated heterocycles. The lowest BCUT2D eigenvalue weighted by molar-refractivity contribution is 0.538. The monoisotopic (exact) mass is 350 g/mol. The zero-order valence-corrected chi connectivity index (χ0v) is 17.4. The molecule has 3 heteroatoms. The maximum absolute atomic E-state index is 4.62. The molecule has 0 atom stereocenters. The van der Waals surface area contributed by atoms with Crippen molar-refractivity contribution in [1.82, 2.24) is 5.32 Å². The van der Waals surface area contributed by atoms with Gasteiger partial charge in [0.25, 0.3) is 0 Å². The molecule has 2 rings (SSSR count). The molecular formula is C23H35BN2. The Morgan fingerprint density at radius 2 is 2.00 bits per heavy atom. The molecule has 0 radical (unpaired) electrons. The smallest absolute Gasteiger partial charge is 0.136 e. The number of aryl methyl sites for hydroxylation is 1. The van der Waals surface area contributed by atoms with E-state index in [1.54, 1.807) is 0 Å². The van der Waals surface area contributed by atoms with Gasteiger partial charge in [0, 0.05) is 30.1 Å². The van der Waals surface area contributed by atoms with Gasteiger partial charge in [-0.3, -0.25) is 4.99 Å². The van der Waals surface area contributed by atoms with Crippen LogP contribution in [0.2, 0.25) is 19.5 Å². The van der Waals surface area contributed by atoms with Crippen molar-refractivity contribution in [1.29, 1.82) is 0 Å². The van der Waals surface area contributed by atoms with Crippen LogP contribution in [0.25, 0.3) is 5.70 Å². The third-order valence-corrected chi connectivity index (χ3v) is 5.60. The van der Waals surface area contributed by atoms with E-state index < -0.39 is 0 Å². The third kappa shape index (κ3) is 6.19. The van der Waals surface area contributed by atoms with Crippen molar-refractivity contribution >= 4 is 18.1 Å². The largest absolute Gasteiger partial charge is 0.382 e. The first-order valence-electron chi connectivity index (χ1n) is 10.1. The molecule has 1 heterocycles. The predicted octanol–water partition coefficient (Wildman–Crippen LogP) is 6.16. The molecule has 0 aromatic heterocycles. The molecule has 0 bridgehead atoms. The van der Waals surface area contributed by atoms with Crippen molar-refractivity contribution in [3.05, 3.63) is 53.2 Å². The SMILES string of the molecule is C=C(NC1CCB(C)CC1)c1ccc(C)c(C/C(C)=N/C=C(/C)CC)c1. The third-order valence-electron chi connectivity index (χ3n) is 5.60. The predicted molar refractivity (Wildman–Crippen MR) is 118 cm³/mol. The lowest BCUT2D eigenvalue weighted by Gasteiger charge is -2.27. The Bertz CT molecular complexity index is 679. The van der Waals surface area contributed by atoms with Crippen LogP contribution in [0.1, 0.15) is 56.7 Å². The quantitative estimate of drug-likeness (QED) is 0.462. The molecule has 0 saturated carbocycles. The van der Waals surface area contributed by atoms with Crippen LogP contribution in [0.5, 0.6) is 0 Å². The van der Waals surface area contributed by atoms with Gasteiger partial charge < -0.3 is 5.32 Å². The summed E-state index contributed by atoms with van der Waals surface area (Å²) < 4.78 is 0. The van der Waals surface area contributed by atoms with Gasteiger partial charge in [-0.25, -0.2) is 0 Å². The molecule has 0 spiro atoms. The van der Waals surface area contributed by atoms with Crippen LogP contribution >= 0.6 is 0 Å². The van der Waals surface area contributed by atoms with Crippen molar-refractivity contribution in [3.63, 3.8) is 0 Å². The zero-order valence-electron chi connectivity index (χ0n) is 17.4. The Labute approximate surface area is 161 Å². The van der Waals surface area contributed by atoms with Crippen LogP contribution in [-0.4, -0.2) is 18.5 Å². The second-order valence-electron chi connectivity index (χ2n) is 8.09. The van der Waals surface area contributed by atoms with Gasteiger partial charge in [0.05, 0.1) is 0 Å². The first-order valence-corrected chi connectivity index (χ1v) is 10.1. The summed E-state index contributed by atoms with van der Waals surface area (Å²) in [7, 11) is 0. The molecule has 1 fully saturated rings. The Kier molecular flexibility index (Phi) is 7.74.